The Balaban J connectivity index is 2.08. The van der Waals surface area contributed by atoms with Gasteiger partial charge in [0.15, 0.2) is 0 Å². The van der Waals surface area contributed by atoms with Crippen molar-refractivity contribution in [1.29, 1.82) is 0 Å². The molecule has 3 N–H and O–H groups in total. The van der Waals surface area contributed by atoms with Gasteiger partial charge in [0.1, 0.15) is 5.75 Å². The maximum Gasteiger partial charge on any atom is 0.122 e. The van der Waals surface area contributed by atoms with Crippen molar-refractivity contribution in [1.82, 2.24) is 5.32 Å². The number of fused-ring (bicyclic) bond motifs is 1. The maximum absolute atomic E-state index is 5.84. The second-order valence-corrected chi connectivity index (χ2v) is 5.06. The first-order valence-electron chi connectivity index (χ1n) is 6.39. The minimum absolute atomic E-state index is 0.253. The molecule has 1 aromatic rings. The first-order valence-corrected chi connectivity index (χ1v) is 6.39. The fourth-order valence-electron chi connectivity index (χ4n) is 2.14. The van der Waals surface area contributed by atoms with Gasteiger partial charge in [0.25, 0.3) is 0 Å². The van der Waals surface area contributed by atoms with Crippen LogP contribution >= 0.6 is 0 Å². The molecule has 1 aliphatic heterocycles. The Labute approximate surface area is 103 Å². The zero-order valence-electron chi connectivity index (χ0n) is 10.7. The first-order chi connectivity index (χ1) is 8.20. The minimum atomic E-state index is 0.253. The van der Waals surface area contributed by atoms with Crippen LogP contribution in [0.1, 0.15) is 31.0 Å². The summed E-state index contributed by atoms with van der Waals surface area (Å²) in [5.41, 5.74) is 8.43. The number of ether oxygens (including phenoxy) is 1. The number of benzene rings is 1. The van der Waals surface area contributed by atoms with Crippen molar-refractivity contribution in [2.45, 2.75) is 26.3 Å². The Morgan fingerprint density at radius 2 is 2.24 bits per heavy atom. The Morgan fingerprint density at radius 3 is 2.94 bits per heavy atom. The second-order valence-electron chi connectivity index (χ2n) is 5.06. The number of nitrogens with two attached hydrogens (primary N) is 1. The number of nitrogens with one attached hydrogen (secondary N) is 1. The normalized spacial score (nSPS) is 15.8. The van der Waals surface area contributed by atoms with Crippen molar-refractivity contribution in [3.8, 4) is 5.75 Å². The van der Waals surface area contributed by atoms with Crippen LogP contribution in [0.4, 0.5) is 0 Å². The van der Waals surface area contributed by atoms with Crippen molar-refractivity contribution < 1.29 is 4.74 Å². The van der Waals surface area contributed by atoms with Crippen molar-refractivity contribution >= 4 is 0 Å². The average molecular weight is 234 g/mol. The highest BCUT2D eigenvalue weighted by atomic mass is 16.5. The summed E-state index contributed by atoms with van der Waals surface area (Å²) in [4.78, 5) is 0. The largest absolute Gasteiger partial charge is 0.493 e. The van der Waals surface area contributed by atoms with Gasteiger partial charge in [-0.15, -0.1) is 0 Å². The zero-order valence-corrected chi connectivity index (χ0v) is 10.7. The van der Waals surface area contributed by atoms with Crippen LogP contribution in [0.3, 0.4) is 0 Å². The van der Waals surface area contributed by atoms with Crippen molar-refractivity contribution in [3.05, 3.63) is 29.3 Å². The fraction of sp³-hybridized carbons (Fsp3) is 0.571. The van der Waals surface area contributed by atoms with E-state index in [0.29, 0.717) is 12.5 Å². The molecule has 0 fully saturated rings. The molecule has 1 atom stereocenters. The van der Waals surface area contributed by atoms with E-state index in [1.54, 1.807) is 0 Å². The Morgan fingerprint density at radius 1 is 1.41 bits per heavy atom. The molecule has 0 saturated heterocycles. The lowest BCUT2D eigenvalue weighted by molar-refractivity contribution is 0.356. The van der Waals surface area contributed by atoms with E-state index in [0.717, 1.165) is 25.3 Å². The molecule has 94 valence electrons. The van der Waals surface area contributed by atoms with Gasteiger partial charge < -0.3 is 15.8 Å². The third-order valence-corrected chi connectivity index (χ3v) is 3.12. The third kappa shape index (κ3) is 2.99. The van der Waals surface area contributed by atoms with E-state index in [4.69, 9.17) is 10.5 Å². The SMILES string of the molecule is CC(C)CNC(CN)c1ccc2c(c1)CCO2. The fourth-order valence-corrected chi connectivity index (χ4v) is 2.14. The second kappa shape index (κ2) is 5.52. The van der Waals surface area contributed by atoms with Gasteiger partial charge in [-0.3, -0.25) is 0 Å². The van der Waals surface area contributed by atoms with Crippen LogP contribution in [0, 0.1) is 5.92 Å². The maximum atomic E-state index is 5.84. The molecular formula is C14H22N2O. The molecule has 1 aromatic carbocycles. The number of hydrogen-bond acceptors (Lipinski definition) is 3. The molecule has 0 saturated carbocycles. The smallest absolute Gasteiger partial charge is 0.122 e. The molecule has 0 aliphatic carbocycles. The third-order valence-electron chi connectivity index (χ3n) is 3.12. The summed E-state index contributed by atoms with van der Waals surface area (Å²) in [5.74, 6) is 1.68. The monoisotopic (exact) mass is 234 g/mol. The summed E-state index contributed by atoms with van der Waals surface area (Å²) in [7, 11) is 0. The highest BCUT2D eigenvalue weighted by Crippen LogP contribution is 2.27. The van der Waals surface area contributed by atoms with Crippen LogP contribution in [0.15, 0.2) is 18.2 Å². The highest BCUT2D eigenvalue weighted by molar-refractivity contribution is 5.40. The molecule has 0 aromatic heterocycles. The van der Waals surface area contributed by atoms with E-state index in [1.165, 1.54) is 11.1 Å². The standard InChI is InChI=1S/C14H22N2O/c1-10(2)9-16-13(8-15)11-3-4-14-12(7-11)5-6-17-14/h3-4,7,10,13,16H,5-6,8-9,15H2,1-2H3. The van der Waals surface area contributed by atoms with E-state index < -0.39 is 0 Å². The number of hydrogen-bond donors (Lipinski definition) is 2. The Hall–Kier alpha value is -1.06. The van der Waals surface area contributed by atoms with Crippen molar-refractivity contribution in [3.63, 3.8) is 0 Å². The van der Waals surface area contributed by atoms with Crippen LogP contribution in [0.5, 0.6) is 5.75 Å². The molecular weight excluding hydrogens is 212 g/mol. The van der Waals surface area contributed by atoms with Gasteiger partial charge in [0, 0.05) is 19.0 Å². The summed E-state index contributed by atoms with van der Waals surface area (Å²) in [6.45, 7) is 6.85. The zero-order chi connectivity index (χ0) is 12.3. The van der Waals surface area contributed by atoms with Gasteiger partial charge in [-0.2, -0.15) is 0 Å². The molecule has 0 radical (unpaired) electrons. The highest BCUT2D eigenvalue weighted by Gasteiger charge is 2.15. The van der Waals surface area contributed by atoms with E-state index in [1.807, 2.05) is 0 Å². The van der Waals surface area contributed by atoms with Gasteiger partial charge in [0.2, 0.25) is 0 Å². The van der Waals surface area contributed by atoms with Gasteiger partial charge in [-0.1, -0.05) is 26.0 Å². The summed E-state index contributed by atoms with van der Waals surface area (Å²) in [6, 6.07) is 6.67. The molecule has 0 amide bonds. The molecule has 0 bridgehead atoms. The Kier molecular flexibility index (Phi) is 4.02. The lowest BCUT2D eigenvalue weighted by Gasteiger charge is -2.19. The van der Waals surface area contributed by atoms with Gasteiger partial charge in [-0.25, -0.2) is 0 Å². The van der Waals surface area contributed by atoms with Crippen molar-refractivity contribution in [2.75, 3.05) is 19.7 Å². The molecule has 3 heteroatoms. The molecule has 17 heavy (non-hydrogen) atoms. The van der Waals surface area contributed by atoms with E-state index in [2.05, 4.69) is 37.4 Å². The first kappa shape index (κ1) is 12.4. The summed E-state index contributed by atoms with van der Waals surface area (Å²) < 4.78 is 5.51. The lowest BCUT2D eigenvalue weighted by Crippen LogP contribution is -2.31. The van der Waals surface area contributed by atoms with Crippen LogP contribution < -0.4 is 15.8 Å². The van der Waals surface area contributed by atoms with Crippen LogP contribution in [0.2, 0.25) is 0 Å². The van der Waals surface area contributed by atoms with E-state index >= 15 is 0 Å². The van der Waals surface area contributed by atoms with Gasteiger partial charge in [-0.05, 0) is 29.7 Å². The molecule has 0 spiro atoms. The average Bonchev–Trinajstić information content (AvgIpc) is 2.76. The molecule has 3 nitrogen and oxygen atoms in total. The summed E-state index contributed by atoms with van der Waals surface area (Å²) in [6.07, 6.45) is 1.02. The lowest BCUT2D eigenvalue weighted by atomic mass is 10.0. The summed E-state index contributed by atoms with van der Waals surface area (Å²) >= 11 is 0. The summed E-state index contributed by atoms with van der Waals surface area (Å²) in [5, 5.41) is 3.51. The molecule has 1 unspecified atom stereocenters. The van der Waals surface area contributed by atoms with E-state index in [9.17, 15) is 0 Å². The molecule has 1 aliphatic rings. The topological polar surface area (TPSA) is 47.3 Å². The predicted octanol–water partition coefficient (Wildman–Crippen LogP) is 1.87. The number of rotatable bonds is 5. The van der Waals surface area contributed by atoms with E-state index in [-0.39, 0.29) is 6.04 Å². The van der Waals surface area contributed by atoms with Gasteiger partial charge >= 0.3 is 0 Å². The predicted molar refractivity (Wildman–Crippen MR) is 70.3 cm³/mol. The van der Waals surface area contributed by atoms with Crippen LogP contribution in [-0.2, 0) is 6.42 Å². The van der Waals surface area contributed by atoms with Crippen molar-refractivity contribution in [2.24, 2.45) is 11.7 Å². The Bertz CT molecular complexity index is 376. The molecule has 2 rings (SSSR count). The molecule has 1 heterocycles. The quantitative estimate of drug-likeness (QED) is 0.817. The minimum Gasteiger partial charge on any atom is -0.493 e. The van der Waals surface area contributed by atoms with Gasteiger partial charge in [0.05, 0.1) is 6.61 Å². The van der Waals surface area contributed by atoms with Crippen LogP contribution in [0.25, 0.3) is 0 Å². The van der Waals surface area contributed by atoms with Crippen LogP contribution in [-0.4, -0.2) is 19.7 Å².